The minimum Gasteiger partial charge on any atom is -0.363 e. The Hall–Kier alpha value is -1.58. The van der Waals surface area contributed by atoms with Crippen LogP contribution in [-0.2, 0) is 0 Å². The molecule has 2 N–H and O–H groups in total. The predicted octanol–water partition coefficient (Wildman–Crippen LogP) is 4.01. The molecule has 1 unspecified atom stereocenters. The van der Waals surface area contributed by atoms with Gasteiger partial charge in [-0.2, -0.15) is 0 Å². The Morgan fingerprint density at radius 3 is 2.40 bits per heavy atom. The number of anilines is 1. The van der Waals surface area contributed by atoms with Crippen LogP contribution in [-0.4, -0.2) is 13.1 Å². The Morgan fingerprint density at radius 1 is 1.15 bits per heavy atom. The molecule has 0 aliphatic heterocycles. The highest BCUT2D eigenvalue weighted by molar-refractivity contribution is 6.31. The second-order valence-corrected chi connectivity index (χ2v) is 4.92. The minimum absolute atomic E-state index is 0.281. The number of nitrogens with two attached hydrogens (primary N) is 1. The van der Waals surface area contributed by atoms with Gasteiger partial charge in [0.2, 0.25) is 0 Å². The second kappa shape index (κ2) is 6.73. The molecular formula is C16H18ClFN2. The van der Waals surface area contributed by atoms with E-state index in [9.17, 15) is 4.39 Å². The summed E-state index contributed by atoms with van der Waals surface area (Å²) in [7, 11) is 0. The molecule has 0 radical (unpaired) electrons. The van der Waals surface area contributed by atoms with Crippen molar-refractivity contribution < 1.29 is 4.39 Å². The molecule has 2 aromatic carbocycles. The van der Waals surface area contributed by atoms with Gasteiger partial charge in [0.1, 0.15) is 5.82 Å². The van der Waals surface area contributed by atoms with E-state index in [2.05, 4.69) is 4.90 Å². The molecule has 0 aliphatic carbocycles. The monoisotopic (exact) mass is 292 g/mol. The highest BCUT2D eigenvalue weighted by Gasteiger charge is 2.23. The van der Waals surface area contributed by atoms with E-state index in [1.807, 2.05) is 37.3 Å². The van der Waals surface area contributed by atoms with E-state index in [1.165, 1.54) is 6.07 Å². The first-order valence-corrected chi connectivity index (χ1v) is 7.02. The lowest BCUT2D eigenvalue weighted by atomic mass is 10.0. The first-order valence-electron chi connectivity index (χ1n) is 6.64. The summed E-state index contributed by atoms with van der Waals surface area (Å²) >= 11 is 6.17. The largest absolute Gasteiger partial charge is 0.363 e. The van der Waals surface area contributed by atoms with Gasteiger partial charge < -0.3 is 10.6 Å². The molecular weight excluding hydrogens is 275 g/mol. The van der Waals surface area contributed by atoms with Crippen LogP contribution in [0.25, 0.3) is 0 Å². The second-order valence-electron chi connectivity index (χ2n) is 4.51. The summed E-state index contributed by atoms with van der Waals surface area (Å²) in [6.07, 6.45) is 0. The third-order valence-electron chi connectivity index (χ3n) is 3.36. The minimum atomic E-state index is -0.317. The van der Waals surface area contributed by atoms with Crippen LogP contribution < -0.4 is 10.6 Å². The van der Waals surface area contributed by atoms with Gasteiger partial charge in [0, 0.05) is 29.4 Å². The smallest absolute Gasteiger partial charge is 0.130 e. The summed E-state index contributed by atoms with van der Waals surface area (Å²) in [4.78, 5) is 2.06. The number of nitrogens with zero attached hydrogens (tertiary/aromatic N) is 1. The van der Waals surface area contributed by atoms with Crippen LogP contribution >= 0.6 is 11.6 Å². The molecule has 0 bridgehead atoms. The summed E-state index contributed by atoms with van der Waals surface area (Å²) < 4.78 is 14.1. The summed E-state index contributed by atoms with van der Waals surface area (Å²) in [5, 5.41) is 0.412. The number of hydrogen-bond donors (Lipinski definition) is 1. The maximum Gasteiger partial charge on any atom is 0.130 e. The van der Waals surface area contributed by atoms with Crippen molar-refractivity contribution in [2.45, 2.75) is 13.0 Å². The molecule has 20 heavy (non-hydrogen) atoms. The fraction of sp³-hybridized carbons (Fsp3) is 0.250. The molecule has 0 spiro atoms. The molecule has 0 amide bonds. The Balaban J connectivity index is 2.45. The number of rotatable bonds is 5. The Kier molecular flexibility index (Phi) is 4.99. The fourth-order valence-electron chi connectivity index (χ4n) is 2.43. The van der Waals surface area contributed by atoms with Crippen LogP contribution in [0.15, 0.2) is 48.5 Å². The van der Waals surface area contributed by atoms with E-state index in [-0.39, 0.29) is 11.9 Å². The predicted molar refractivity (Wildman–Crippen MR) is 82.7 cm³/mol. The maximum absolute atomic E-state index is 14.1. The topological polar surface area (TPSA) is 29.3 Å². The number of para-hydroxylation sites is 1. The standard InChI is InChI=1S/C16H18ClFN2/c1-2-20(12-7-4-3-5-8-12)15(11-19)16-13(17)9-6-10-14(16)18/h3-10,15H,2,11,19H2,1H3. The summed E-state index contributed by atoms with van der Waals surface area (Å²) in [6.45, 7) is 3.03. The summed E-state index contributed by atoms with van der Waals surface area (Å²) in [5.41, 5.74) is 7.35. The van der Waals surface area contributed by atoms with Crippen molar-refractivity contribution in [3.05, 3.63) is 64.9 Å². The summed E-state index contributed by atoms with van der Waals surface area (Å²) in [5.74, 6) is -0.317. The highest BCUT2D eigenvalue weighted by Crippen LogP contribution is 2.32. The lowest BCUT2D eigenvalue weighted by molar-refractivity contribution is 0.562. The number of benzene rings is 2. The molecule has 4 heteroatoms. The lowest BCUT2D eigenvalue weighted by Crippen LogP contribution is -2.34. The van der Waals surface area contributed by atoms with E-state index >= 15 is 0 Å². The fourth-order valence-corrected chi connectivity index (χ4v) is 2.72. The summed E-state index contributed by atoms with van der Waals surface area (Å²) in [6, 6.07) is 14.3. The molecule has 0 aromatic heterocycles. The molecule has 2 aromatic rings. The van der Waals surface area contributed by atoms with Gasteiger partial charge in [0.05, 0.1) is 6.04 Å². The van der Waals surface area contributed by atoms with Gasteiger partial charge in [0.25, 0.3) is 0 Å². The third-order valence-corrected chi connectivity index (χ3v) is 3.69. The quantitative estimate of drug-likeness (QED) is 0.902. The van der Waals surface area contributed by atoms with E-state index in [1.54, 1.807) is 12.1 Å². The van der Waals surface area contributed by atoms with Gasteiger partial charge in [-0.05, 0) is 31.2 Å². The maximum atomic E-state index is 14.1. The van der Waals surface area contributed by atoms with E-state index in [0.29, 0.717) is 17.1 Å². The van der Waals surface area contributed by atoms with E-state index in [4.69, 9.17) is 17.3 Å². The van der Waals surface area contributed by atoms with Gasteiger partial charge in [-0.3, -0.25) is 0 Å². The normalized spacial score (nSPS) is 12.2. The van der Waals surface area contributed by atoms with Gasteiger partial charge in [-0.1, -0.05) is 35.9 Å². The van der Waals surface area contributed by atoms with Crippen LogP contribution in [0.4, 0.5) is 10.1 Å². The van der Waals surface area contributed by atoms with Crippen LogP contribution in [0.1, 0.15) is 18.5 Å². The first-order chi connectivity index (χ1) is 9.69. The van der Waals surface area contributed by atoms with Gasteiger partial charge in [-0.25, -0.2) is 4.39 Å². The van der Waals surface area contributed by atoms with Crippen molar-refractivity contribution in [1.29, 1.82) is 0 Å². The number of halogens is 2. The van der Waals surface area contributed by atoms with E-state index in [0.717, 1.165) is 12.2 Å². The zero-order valence-corrected chi connectivity index (χ0v) is 12.1. The molecule has 0 saturated carbocycles. The molecule has 2 rings (SSSR count). The van der Waals surface area contributed by atoms with Crippen molar-refractivity contribution in [1.82, 2.24) is 0 Å². The first kappa shape index (κ1) is 14.8. The third kappa shape index (κ3) is 2.94. The zero-order chi connectivity index (χ0) is 14.5. The lowest BCUT2D eigenvalue weighted by Gasteiger charge is -2.33. The van der Waals surface area contributed by atoms with Gasteiger partial charge in [0.15, 0.2) is 0 Å². The van der Waals surface area contributed by atoms with Crippen molar-refractivity contribution >= 4 is 17.3 Å². The Morgan fingerprint density at radius 2 is 1.85 bits per heavy atom. The van der Waals surface area contributed by atoms with Crippen LogP contribution in [0.2, 0.25) is 5.02 Å². The Labute approximate surface area is 124 Å². The van der Waals surface area contributed by atoms with Gasteiger partial charge in [-0.15, -0.1) is 0 Å². The van der Waals surface area contributed by atoms with E-state index < -0.39 is 0 Å². The molecule has 0 fully saturated rings. The van der Waals surface area contributed by atoms with Crippen LogP contribution in [0.5, 0.6) is 0 Å². The molecule has 0 saturated heterocycles. The van der Waals surface area contributed by atoms with Gasteiger partial charge >= 0.3 is 0 Å². The molecule has 0 aliphatic rings. The molecule has 2 nitrogen and oxygen atoms in total. The SMILES string of the molecule is CCN(c1ccccc1)C(CN)c1c(F)cccc1Cl. The van der Waals surface area contributed by atoms with Crippen molar-refractivity contribution in [2.75, 3.05) is 18.0 Å². The van der Waals surface area contributed by atoms with Crippen molar-refractivity contribution in [3.63, 3.8) is 0 Å². The highest BCUT2D eigenvalue weighted by atomic mass is 35.5. The average Bonchev–Trinajstić information content (AvgIpc) is 2.47. The molecule has 106 valence electrons. The van der Waals surface area contributed by atoms with Crippen molar-refractivity contribution in [2.24, 2.45) is 5.73 Å². The van der Waals surface area contributed by atoms with Crippen molar-refractivity contribution in [3.8, 4) is 0 Å². The molecule has 1 atom stereocenters. The van der Waals surface area contributed by atoms with Crippen LogP contribution in [0.3, 0.4) is 0 Å². The number of hydrogen-bond acceptors (Lipinski definition) is 2. The average molecular weight is 293 g/mol. The molecule has 0 heterocycles. The van der Waals surface area contributed by atoms with Crippen LogP contribution in [0, 0.1) is 5.82 Å². The zero-order valence-electron chi connectivity index (χ0n) is 11.4. The number of likely N-dealkylation sites (N-methyl/N-ethyl adjacent to an activating group) is 1. The Bertz CT molecular complexity index is 539.